The average Bonchev–Trinajstić information content (AvgIpc) is 2.74. The van der Waals surface area contributed by atoms with Crippen LogP contribution in [-0.2, 0) is 14.3 Å². The van der Waals surface area contributed by atoms with Gasteiger partial charge in [0.2, 0.25) is 0 Å². The van der Waals surface area contributed by atoms with Crippen LogP contribution in [-0.4, -0.2) is 52.0 Å². The molecule has 0 aromatic heterocycles. The third kappa shape index (κ3) is 2.14. The Bertz CT molecular complexity index is 729. The molecule has 4 saturated carbocycles. The molecule has 0 radical (unpaired) electrons. The maximum atomic E-state index is 13.5. The van der Waals surface area contributed by atoms with E-state index in [9.17, 15) is 24.9 Å². The van der Waals surface area contributed by atoms with E-state index in [1.807, 2.05) is 0 Å². The van der Waals surface area contributed by atoms with Crippen molar-refractivity contribution in [3.8, 4) is 0 Å². The Morgan fingerprint density at radius 1 is 1.21 bits per heavy atom. The Balaban J connectivity index is 1.95. The fourth-order valence-electron chi connectivity index (χ4n) is 7.67. The van der Waals surface area contributed by atoms with Gasteiger partial charge in [-0.2, -0.15) is 0 Å². The molecule has 8 atom stereocenters. The minimum absolute atomic E-state index is 0.126. The number of Topliss-reactive ketones (excluding diaryl/α,β-unsaturated/α-hetero) is 1. The molecular weight excluding hydrogens is 360 g/mol. The third-order valence-electron chi connectivity index (χ3n) is 8.83. The maximum absolute atomic E-state index is 13.5. The molecule has 4 aliphatic rings. The lowest BCUT2D eigenvalue weighted by Gasteiger charge is -2.67. The molecule has 6 heteroatoms. The average molecular weight is 392 g/mol. The maximum Gasteiger partial charge on any atom is 0.302 e. The summed E-state index contributed by atoms with van der Waals surface area (Å²) in [6, 6.07) is 0. The monoisotopic (exact) mass is 392 g/mol. The summed E-state index contributed by atoms with van der Waals surface area (Å²) in [4.78, 5) is 25.5. The molecule has 0 amide bonds. The zero-order valence-corrected chi connectivity index (χ0v) is 17.0. The van der Waals surface area contributed by atoms with Gasteiger partial charge in [0.15, 0.2) is 5.78 Å². The molecule has 4 fully saturated rings. The SMILES string of the molecule is C=C1C(=O)[C@]23[C@H](O)[C@H]1CC[C@H]2[C@@]1(CO)[C@H](C[C@H]3OC(C)=O)C(C)(C)CC[C@@H]1O. The molecule has 0 saturated heterocycles. The second kappa shape index (κ2) is 6.13. The molecule has 0 aromatic carbocycles. The Labute approximate surface area is 166 Å². The van der Waals surface area contributed by atoms with E-state index in [0.717, 1.165) is 6.42 Å². The zero-order valence-electron chi connectivity index (χ0n) is 17.0. The Morgan fingerprint density at radius 2 is 1.89 bits per heavy atom. The van der Waals surface area contributed by atoms with Crippen LogP contribution in [0, 0.1) is 34.0 Å². The van der Waals surface area contributed by atoms with Gasteiger partial charge in [-0.05, 0) is 54.9 Å². The molecule has 0 heterocycles. The summed E-state index contributed by atoms with van der Waals surface area (Å²) in [5.74, 6) is -1.66. The van der Waals surface area contributed by atoms with Gasteiger partial charge in [0.25, 0.3) is 0 Å². The predicted molar refractivity (Wildman–Crippen MR) is 101 cm³/mol. The first-order chi connectivity index (χ1) is 13.0. The van der Waals surface area contributed by atoms with Crippen LogP contribution in [0.1, 0.15) is 52.9 Å². The summed E-state index contributed by atoms with van der Waals surface area (Å²) in [5, 5.41) is 33.1. The second-order valence-corrected chi connectivity index (χ2v) is 10.2. The first-order valence-corrected chi connectivity index (χ1v) is 10.4. The van der Waals surface area contributed by atoms with Crippen LogP contribution in [0.5, 0.6) is 0 Å². The van der Waals surface area contributed by atoms with Crippen LogP contribution >= 0.6 is 0 Å². The Hall–Kier alpha value is -1.24. The fraction of sp³-hybridized carbons (Fsp3) is 0.818. The summed E-state index contributed by atoms with van der Waals surface area (Å²) in [6.45, 7) is 9.26. The van der Waals surface area contributed by atoms with Gasteiger partial charge in [-0.15, -0.1) is 0 Å². The largest absolute Gasteiger partial charge is 0.461 e. The van der Waals surface area contributed by atoms with Gasteiger partial charge in [-0.3, -0.25) is 9.59 Å². The molecule has 3 N–H and O–H groups in total. The molecule has 0 aliphatic heterocycles. The normalized spacial score (nSPS) is 49.4. The van der Waals surface area contributed by atoms with Gasteiger partial charge >= 0.3 is 5.97 Å². The van der Waals surface area contributed by atoms with Gasteiger partial charge in [0, 0.05) is 18.3 Å². The first-order valence-electron chi connectivity index (χ1n) is 10.4. The van der Waals surface area contributed by atoms with Crippen LogP contribution in [0.25, 0.3) is 0 Å². The minimum atomic E-state index is -1.32. The zero-order chi connectivity index (χ0) is 20.6. The van der Waals surface area contributed by atoms with E-state index < -0.39 is 41.0 Å². The molecule has 4 aliphatic carbocycles. The number of ketones is 1. The molecule has 0 unspecified atom stereocenters. The molecule has 4 rings (SSSR count). The van der Waals surface area contributed by atoms with Crippen molar-refractivity contribution in [2.75, 3.05) is 6.61 Å². The lowest BCUT2D eigenvalue weighted by atomic mass is 9.38. The Morgan fingerprint density at radius 3 is 2.50 bits per heavy atom. The van der Waals surface area contributed by atoms with Gasteiger partial charge in [-0.1, -0.05) is 20.4 Å². The van der Waals surface area contributed by atoms with E-state index in [1.165, 1.54) is 6.92 Å². The van der Waals surface area contributed by atoms with E-state index in [1.54, 1.807) is 0 Å². The molecule has 28 heavy (non-hydrogen) atoms. The van der Waals surface area contributed by atoms with Crippen molar-refractivity contribution in [2.45, 2.75) is 71.2 Å². The quantitative estimate of drug-likeness (QED) is 0.487. The Kier molecular flexibility index (Phi) is 4.39. The second-order valence-electron chi connectivity index (χ2n) is 10.2. The number of hydrogen-bond acceptors (Lipinski definition) is 6. The number of aliphatic hydroxyl groups is 3. The van der Waals surface area contributed by atoms with Crippen molar-refractivity contribution in [3.05, 3.63) is 12.2 Å². The predicted octanol–water partition coefficient (Wildman–Crippen LogP) is 1.61. The number of esters is 1. The summed E-state index contributed by atoms with van der Waals surface area (Å²) in [7, 11) is 0. The number of hydrogen-bond donors (Lipinski definition) is 3. The number of carbonyl (C=O) groups is 2. The fourth-order valence-corrected chi connectivity index (χ4v) is 7.67. The highest BCUT2D eigenvalue weighted by Gasteiger charge is 2.77. The smallest absolute Gasteiger partial charge is 0.302 e. The minimum Gasteiger partial charge on any atom is -0.461 e. The number of carbonyl (C=O) groups excluding carboxylic acids is 2. The van der Waals surface area contributed by atoms with Crippen LogP contribution in [0.3, 0.4) is 0 Å². The van der Waals surface area contributed by atoms with E-state index >= 15 is 0 Å². The lowest BCUT2D eigenvalue weighted by Crippen LogP contribution is -2.72. The molecule has 1 spiro atoms. The first kappa shape index (κ1) is 20.0. The van der Waals surface area contributed by atoms with Crippen LogP contribution in [0.15, 0.2) is 12.2 Å². The molecular formula is C22H32O6. The highest BCUT2D eigenvalue weighted by atomic mass is 16.5. The molecule has 2 bridgehead atoms. The van der Waals surface area contributed by atoms with Crippen molar-refractivity contribution < 1.29 is 29.6 Å². The molecule has 0 aromatic rings. The van der Waals surface area contributed by atoms with Gasteiger partial charge < -0.3 is 20.1 Å². The van der Waals surface area contributed by atoms with Gasteiger partial charge in [-0.25, -0.2) is 0 Å². The number of aliphatic hydroxyl groups excluding tert-OH is 3. The number of fused-ring (bicyclic) bond motifs is 3. The lowest BCUT2D eigenvalue weighted by molar-refractivity contribution is -0.270. The van der Waals surface area contributed by atoms with Crippen LogP contribution in [0.4, 0.5) is 0 Å². The summed E-state index contributed by atoms with van der Waals surface area (Å²) < 4.78 is 5.71. The summed E-state index contributed by atoms with van der Waals surface area (Å²) >= 11 is 0. The van der Waals surface area contributed by atoms with E-state index in [0.29, 0.717) is 31.3 Å². The van der Waals surface area contributed by atoms with Crippen molar-refractivity contribution >= 4 is 11.8 Å². The highest BCUT2D eigenvalue weighted by molar-refractivity contribution is 6.04. The molecule has 6 nitrogen and oxygen atoms in total. The topological polar surface area (TPSA) is 104 Å². The van der Waals surface area contributed by atoms with E-state index in [4.69, 9.17) is 4.74 Å². The molecule has 156 valence electrons. The van der Waals surface area contributed by atoms with Gasteiger partial charge in [0.05, 0.1) is 18.8 Å². The van der Waals surface area contributed by atoms with Gasteiger partial charge in [0.1, 0.15) is 11.5 Å². The van der Waals surface area contributed by atoms with Crippen LogP contribution < -0.4 is 0 Å². The third-order valence-corrected chi connectivity index (χ3v) is 8.83. The van der Waals surface area contributed by atoms with Crippen LogP contribution in [0.2, 0.25) is 0 Å². The van der Waals surface area contributed by atoms with Crippen molar-refractivity contribution in [3.63, 3.8) is 0 Å². The van der Waals surface area contributed by atoms with Crippen molar-refractivity contribution in [2.24, 2.45) is 34.0 Å². The van der Waals surface area contributed by atoms with Crippen molar-refractivity contribution in [1.82, 2.24) is 0 Å². The summed E-state index contributed by atoms with van der Waals surface area (Å²) in [5.41, 5.74) is -2.02. The van der Waals surface area contributed by atoms with E-state index in [2.05, 4.69) is 20.4 Å². The highest BCUT2D eigenvalue weighted by Crippen LogP contribution is 2.71. The van der Waals surface area contributed by atoms with Crippen molar-refractivity contribution in [1.29, 1.82) is 0 Å². The number of ether oxygens (including phenoxy) is 1. The number of rotatable bonds is 2. The summed E-state index contributed by atoms with van der Waals surface area (Å²) in [6.07, 6.45) is 0.333. The van der Waals surface area contributed by atoms with E-state index in [-0.39, 0.29) is 29.6 Å². The standard InChI is InChI=1S/C22H32O6/c1-11-13-5-6-14-21(10-23)15(20(3,4)8-7-16(21)25)9-17(28-12(2)24)22(14,18(11)26)19(13)27/h13-17,19,23,25,27H,1,5-10H2,2-4H3/t13-,14-,15+,16-,17+,19+,21-,22-/m0/s1.